The van der Waals surface area contributed by atoms with Crippen LogP contribution in [0.4, 0.5) is 5.82 Å². The number of piperazine rings is 1. The number of piperidine rings is 1. The Morgan fingerprint density at radius 3 is 2.52 bits per heavy atom. The standard InChI is InChI=1S/C32H34N8O2/c1-41-31-5-2-20(11-36-31)16-39-25-8-26(39)18-38(17-25)30-4-3-21(14-35-30)29-9-28(19-40-32(29)24(10-33)15-37-40)42-27-6-22-12-34-13-23(22)7-27/h2-5,9,11,14-15,19,22-23,25-27,34H,6-8,12-13,16-18H2,1H3. The predicted octanol–water partition coefficient (Wildman–Crippen LogP) is 3.51. The van der Waals surface area contributed by atoms with Gasteiger partial charge in [0, 0.05) is 61.3 Å². The first kappa shape index (κ1) is 25.5. The summed E-state index contributed by atoms with van der Waals surface area (Å²) in [5, 5.41) is 17.8. The zero-order valence-corrected chi connectivity index (χ0v) is 23.7. The predicted molar refractivity (Wildman–Crippen MR) is 157 cm³/mol. The van der Waals surface area contributed by atoms with Gasteiger partial charge in [-0.2, -0.15) is 10.4 Å². The Labute approximate surface area is 244 Å². The molecule has 1 aliphatic carbocycles. The number of nitrogens with zero attached hydrogens (tertiary/aromatic N) is 7. The van der Waals surface area contributed by atoms with Crippen LogP contribution in [0.2, 0.25) is 0 Å². The van der Waals surface area contributed by atoms with Gasteiger partial charge >= 0.3 is 0 Å². The molecule has 4 aromatic heterocycles. The van der Waals surface area contributed by atoms with Gasteiger partial charge in [-0.15, -0.1) is 0 Å². The van der Waals surface area contributed by atoms with E-state index in [1.54, 1.807) is 17.8 Å². The van der Waals surface area contributed by atoms with Crippen LogP contribution in [0.25, 0.3) is 16.6 Å². The van der Waals surface area contributed by atoms with Crippen molar-refractivity contribution >= 4 is 11.3 Å². The zero-order chi connectivity index (χ0) is 28.2. The van der Waals surface area contributed by atoms with E-state index in [4.69, 9.17) is 14.5 Å². The lowest BCUT2D eigenvalue weighted by atomic mass is 9.87. The van der Waals surface area contributed by atoms with Crippen LogP contribution in [0.5, 0.6) is 11.6 Å². The van der Waals surface area contributed by atoms with Crippen LogP contribution in [-0.2, 0) is 6.54 Å². The molecule has 5 fully saturated rings. The number of fused-ring (bicyclic) bond motifs is 4. The molecule has 1 N–H and O–H groups in total. The number of anilines is 1. The summed E-state index contributed by atoms with van der Waals surface area (Å²) in [6.45, 7) is 5.01. The van der Waals surface area contributed by atoms with Crippen LogP contribution in [0.3, 0.4) is 0 Å². The van der Waals surface area contributed by atoms with Gasteiger partial charge in [-0.05, 0) is 68.0 Å². The number of aromatic nitrogens is 4. The molecule has 8 heterocycles. The van der Waals surface area contributed by atoms with E-state index in [2.05, 4.69) is 55.5 Å². The Morgan fingerprint density at radius 1 is 1.00 bits per heavy atom. The van der Waals surface area contributed by atoms with Crippen molar-refractivity contribution in [2.24, 2.45) is 11.8 Å². The molecule has 214 valence electrons. The third-order valence-corrected chi connectivity index (χ3v) is 9.72. The molecular weight excluding hydrogens is 528 g/mol. The Hall–Kier alpha value is -4.20. The van der Waals surface area contributed by atoms with E-state index in [0.29, 0.717) is 35.4 Å². The topological polar surface area (TPSA) is 104 Å². The largest absolute Gasteiger partial charge is 0.489 e. The molecule has 2 bridgehead atoms. The van der Waals surface area contributed by atoms with Gasteiger partial charge in [-0.25, -0.2) is 14.5 Å². The van der Waals surface area contributed by atoms with Crippen LogP contribution in [0, 0.1) is 23.2 Å². The number of nitrogens with one attached hydrogen (secondary N) is 1. The molecule has 4 aromatic rings. The number of pyridine rings is 3. The van der Waals surface area contributed by atoms with Gasteiger partial charge in [0.2, 0.25) is 5.88 Å². The van der Waals surface area contributed by atoms with Crippen molar-refractivity contribution in [2.45, 2.75) is 44.0 Å². The number of hydrogen-bond donors (Lipinski definition) is 1. The number of methoxy groups -OCH3 is 1. The molecule has 5 aliphatic rings. The summed E-state index contributed by atoms with van der Waals surface area (Å²) in [7, 11) is 1.64. The molecule has 4 unspecified atom stereocenters. The molecule has 4 atom stereocenters. The van der Waals surface area contributed by atoms with Crippen LogP contribution in [0.1, 0.15) is 30.4 Å². The second-order valence-corrected chi connectivity index (χ2v) is 12.2. The quantitative estimate of drug-likeness (QED) is 0.362. The average molecular weight is 563 g/mol. The second kappa shape index (κ2) is 10.3. The molecule has 9 rings (SSSR count). The highest BCUT2D eigenvalue weighted by Crippen LogP contribution is 2.39. The van der Waals surface area contributed by atoms with Gasteiger partial charge in [0.15, 0.2) is 0 Å². The van der Waals surface area contributed by atoms with E-state index < -0.39 is 0 Å². The molecule has 0 aromatic carbocycles. The van der Waals surface area contributed by atoms with Gasteiger partial charge in [0.25, 0.3) is 0 Å². The van der Waals surface area contributed by atoms with E-state index in [-0.39, 0.29) is 6.10 Å². The van der Waals surface area contributed by atoms with E-state index >= 15 is 0 Å². The summed E-state index contributed by atoms with van der Waals surface area (Å²) in [5.41, 5.74) is 4.42. The normalized spacial score (nSPS) is 26.6. The number of ether oxygens (including phenoxy) is 2. The first-order valence-corrected chi connectivity index (χ1v) is 14.9. The van der Waals surface area contributed by atoms with Crippen LogP contribution >= 0.6 is 0 Å². The summed E-state index contributed by atoms with van der Waals surface area (Å²) >= 11 is 0. The van der Waals surface area contributed by atoms with Crippen molar-refractivity contribution < 1.29 is 9.47 Å². The van der Waals surface area contributed by atoms with Crippen molar-refractivity contribution in [3.8, 4) is 28.8 Å². The Bertz CT molecular complexity index is 1620. The van der Waals surface area contributed by atoms with Gasteiger partial charge in [-0.1, -0.05) is 6.07 Å². The van der Waals surface area contributed by atoms with Crippen LogP contribution in [0.15, 0.2) is 55.1 Å². The number of nitriles is 1. The lowest BCUT2D eigenvalue weighted by molar-refractivity contribution is -0.00876. The maximum atomic E-state index is 9.79. The van der Waals surface area contributed by atoms with Gasteiger partial charge in [0.05, 0.1) is 36.7 Å². The van der Waals surface area contributed by atoms with Gasteiger partial charge < -0.3 is 19.7 Å². The third kappa shape index (κ3) is 4.44. The van der Waals surface area contributed by atoms with Crippen molar-refractivity contribution in [1.29, 1.82) is 5.26 Å². The maximum absolute atomic E-state index is 9.79. The minimum Gasteiger partial charge on any atom is -0.489 e. The molecule has 4 aliphatic heterocycles. The van der Waals surface area contributed by atoms with Crippen LogP contribution in [-0.4, -0.2) is 76.0 Å². The number of hydrogen-bond acceptors (Lipinski definition) is 9. The SMILES string of the molecule is COc1ccc(CN2C3CC2CN(c2ccc(-c4cc(OC5CC6CNCC6C5)cn5ncc(C#N)c45)cn2)C3)cn1. The highest BCUT2D eigenvalue weighted by Gasteiger charge is 2.44. The lowest BCUT2D eigenvalue weighted by Gasteiger charge is -2.56. The van der Waals surface area contributed by atoms with E-state index in [1.165, 1.54) is 12.0 Å². The summed E-state index contributed by atoms with van der Waals surface area (Å²) in [5.74, 6) is 3.83. The molecule has 4 saturated heterocycles. The minimum absolute atomic E-state index is 0.213. The molecule has 0 spiro atoms. The van der Waals surface area contributed by atoms with E-state index in [0.717, 1.165) is 73.8 Å². The molecule has 10 heteroatoms. The minimum atomic E-state index is 0.213. The Kier molecular flexibility index (Phi) is 6.23. The third-order valence-electron chi connectivity index (χ3n) is 9.72. The smallest absolute Gasteiger partial charge is 0.212 e. The van der Waals surface area contributed by atoms with Crippen LogP contribution < -0.4 is 19.7 Å². The first-order chi connectivity index (χ1) is 20.6. The highest BCUT2D eigenvalue weighted by molar-refractivity contribution is 5.85. The van der Waals surface area contributed by atoms with Crippen molar-refractivity contribution in [1.82, 2.24) is 29.8 Å². The lowest BCUT2D eigenvalue weighted by Crippen LogP contribution is -2.68. The monoisotopic (exact) mass is 562 g/mol. The fraction of sp³-hybridized carbons (Fsp3) is 0.438. The molecule has 10 nitrogen and oxygen atoms in total. The van der Waals surface area contributed by atoms with E-state index in [9.17, 15) is 5.26 Å². The Balaban J connectivity index is 0.996. The molecule has 0 radical (unpaired) electrons. The molecule has 0 amide bonds. The number of rotatable bonds is 7. The Morgan fingerprint density at radius 2 is 1.83 bits per heavy atom. The fourth-order valence-electron chi connectivity index (χ4n) is 7.56. The van der Waals surface area contributed by atoms with Gasteiger partial charge in [-0.3, -0.25) is 4.90 Å². The van der Waals surface area contributed by atoms with Crippen molar-refractivity contribution in [2.75, 3.05) is 38.2 Å². The fourth-order valence-corrected chi connectivity index (χ4v) is 7.56. The molecular formula is C32H34N8O2. The van der Waals surface area contributed by atoms with Crippen molar-refractivity contribution in [3.05, 3.63) is 66.2 Å². The van der Waals surface area contributed by atoms with Gasteiger partial charge in [0.1, 0.15) is 17.6 Å². The summed E-state index contributed by atoms with van der Waals surface area (Å²) in [6, 6.07) is 13.6. The summed E-state index contributed by atoms with van der Waals surface area (Å²) in [4.78, 5) is 14.2. The molecule has 42 heavy (non-hydrogen) atoms. The maximum Gasteiger partial charge on any atom is 0.212 e. The average Bonchev–Trinajstić information content (AvgIpc) is 3.75. The first-order valence-electron chi connectivity index (χ1n) is 14.9. The zero-order valence-electron chi connectivity index (χ0n) is 23.7. The summed E-state index contributed by atoms with van der Waals surface area (Å²) < 4.78 is 13.5. The highest BCUT2D eigenvalue weighted by atomic mass is 16.5. The summed E-state index contributed by atoms with van der Waals surface area (Å²) in [6.07, 6.45) is 11.0. The van der Waals surface area contributed by atoms with E-state index in [1.807, 2.05) is 24.7 Å². The van der Waals surface area contributed by atoms with Crippen molar-refractivity contribution in [3.63, 3.8) is 0 Å². The molecule has 1 saturated carbocycles. The second-order valence-electron chi connectivity index (χ2n) is 12.2.